The van der Waals surface area contributed by atoms with Crippen molar-refractivity contribution < 1.29 is 33.8 Å². The van der Waals surface area contributed by atoms with E-state index in [0.29, 0.717) is 10.6 Å². The van der Waals surface area contributed by atoms with Crippen LogP contribution in [0.1, 0.15) is 25.5 Å². The van der Waals surface area contributed by atoms with Crippen LogP contribution in [-0.4, -0.2) is 54.7 Å². The van der Waals surface area contributed by atoms with Crippen molar-refractivity contribution in [3.63, 3.8) is 0 Å². The van der Waals surface area contributed by atoms with E-state index in [1.165, 1.54) is 21.0 Å². The number of amides is 2. The Hall–Kier alpha value is -2.65. The monoisotopic (exact) mass is 400 g/mol. The first-order valence-electron chi connectivity index (χ1n) is 7.81. The fourth-order valence-electron chi connectivity index (χ4n) is 2.43. The smallest absolute Gasteiger partial charge is 0.330 e. The summed E-state index contributed by atoms with van der Waals surface area (Å²) < 4.78 is 10.1. The SMILES string of the molecule is COC(=O)C(C)(C)NC(=O)[C@H]1OCC(=O)N[C@@H]1c1ccccc1Cl.O=CO. The van der Waals surface area contributed by atoms with E-state index in [2.05, 4.69) is 15.4 Å². The molecule has 0 radical (unpaired) electrons. The van der Waals surface area contributed by atoms with Crippen molar-refractivity contribution in [3.8, 4) is 0 Å². The maximum absolute atomic E-state index is 12.6. The number of methoxy groups -OCH3 is 1. The molecule has 1 saturated heterocycles. The number of morpholine rings is 1. The van der Waals surface area contributed by atoms with Crippen LogP contribution in [0.15, 0.2) is 24.3 Å². The first-order chi connectivity index (χ1) is 12.7. The fraction of sp³-hybridized carbons (Fsp3) is 0.412. The summed E-state index contributed by atoms with van der Waals surface area (Å²) in [6.45, 7) is 2.53. The minimum atomic E-state index is -1.23. The molecule has 2 amide bonds. The van der Waals surface area contributed by atoms with E-state index in [1.807, 2.05) is 0 Å². The number of ether oxygens (including phenoxy) is 2. The maximum atomic E-state index is 12.6. The Kier molecular flexibility index (Phi) is 8.20. The molecular formula is C17H21ClN2O7. The van der Waals surface area contributed by atoms with Crippen LogP contribution in [0.3, 0.4) is 0 Å². The third kappa shape index (κ3) is 5.93. The van der Waals surface area contributed by atoms with E-state index in [1.54, 1.807) is 24.3 Å². The van der Waals surface area contributed by atoms with Gasteiger partial charge < -0.3 is 25.2 Å². The molecule has 1 aromatic carbocycles. The summed E-state index contributed by atoms with van der Waals surface area (Å²) in [6.07, 6.45) is -1.02. The summed E-state index contributed by atoms with van der Waals surface area (Å²) in [4.78, 5) is 44.4. The maximum Gasteiger partial charge on any atom is 0.330 e. The number of hydrogen-bond acceptors (Lipinski definition) is 6. The zero-order valence-corrected chi connectivity index (χ0v) is 15.8. The predicted octanol–water partition coefficient (Wildman–Crippen LogP) is 0.665. The van der Waals surface area contributed by atoms with Crippen LogP contribution in [0, 0.1) is 0 Å². The Morgan fingerprint density at radius 1 is 1.41 bits per heavy atom. The largest absolute Gasteiger partial charge is 0.483 e. The highest BCUT2D eigenvalue weighted by molar-refractivity contribution is 6.31. The van der Waals surface area contributed by atoms with Gasteiger partial charge in [-0.15, -0.1) is 0 Å². The molecule has 1 aromatic rings. The highest BCUT2D eigenvalue weighted by atomic mass is 35.5. The van der Waals surface area contributed by atoms with Gasteiger partial charge in [-0.2, -0.15) is 0 Å². The summed E-state index contributed by atoms with van der Waals surface area (Å²) in [6, 6.07) is 6.09. The molecule has 0 aliphatic carbocycles. The van der Waals surface area contributed by atoms with Crippen LogP contribution in [0.5, 0.6) is 0 Å². The number of carboxylic acid groups (broad SMARTS) is 1. The first kappa shape index (κ1) is 22.4. The van der Waals surface area contributed by atoms with Gasteiger partial charge in [-0.1, -0.05) is 29.8 Å². The third-order valence-corrected chi connectivity index (χ3v) is 3.99. The van der Waals surface area contributed by atoms with E-state index in [9.17, 15) is 14.4 Å². The Bertz CT molecular complexity index is 708. The Morgan fingerprint density at radius 3 is 2.56 bits per heavy atom. The van der Waals surface area contributed by atoms with Gasteiger partial charge in [-0.3, -0.25) is 14.4 Å². The fourth-order valence-corrected chi connectivity index (χ4v) is 2.69. The average molecular weight is 401 g/mol. The van der Waals surface area contributed by atoms with Crippen molar-refractivity contribution in [1.82, 2.24) is 10.6 Å². The lowest BCUT2D eigenvalue weighted by atomic mass is 9.97. The van der Waals surface area contributed by atoms with Gasteiger partial charge in [-0.25, -0.2) is 4.79 Å². The number of esters is 1. The molecule has 0 bridgehead atoms. The number of hydrogen-bond donors (Lipinski definition) is 3. The Morgan fingerprint density at radius 2 is 2.00 bits per heavy atom. The summed E-state index contributed by atoms with van der Waals surface area (Å²) in [7, 11) is 1.24. The third-order valence-electron chi connectivity index (χ3n) is 3.64. The zero-order chi connectivity index (χ0) is 20.6. The molecular weight excluding hydrogens is 380 g/mol. The normalized spacial score (nSPS) is 19.0. The van der Waals surface area contributed by atoms with Gasteiger partial charge in [0.2, 0.25) is 5.91 Å². The number of benzene rings is 1. The molecule has 2 rings (SSSR count). The summed E-state index contributed by atoms with van der Waals surface area (Å²) in [5.74, 6) is -1.49. The molecule has 27 heavy (non-hydrogen) atoms. The summed E-state index contributed by atoms with van der Waals surface area (Å²) in [5.41, 5.74) is -0.676. The van der Waals surface area contributed by atoms with Gasteiger partial charge in [0.05, 0.1) is 13.2 Å². The highest BCUT2D eigenvalue weighted by Crippen LogP contribution is 2.29. The molecule has 148 valence electrons. The van der Waals surface area contributed by atoms with Gasteiger partial charge in [0.25, 0.3) is 12.4 Å². The quantitative estimate of drug-likeness (QED) is 0.500. The van der Waals surface area contributed by atoms with Crippen LogP contribution in [0.2, 0.25) is 5.02 Å². The average Bonchev–Trinajstić information content (AvgIpc) is 2.61. The molecule has 0 saturated carbocycles. The molecule has 0 unspecified atom stereocenters. The number of rotatable bonds is 4. The minimum absolute atomic E-state index is 0.250. The lowest BCUT2D eigenvalue weighted by Crippen LogP contribution is -2.58. The molecule has 1 aliphatic heterocycles. The van der Waals surface area contributed by atoms with Crippen LogP contribution in [0.25, 0.3) is 0 Å². The Balaban J connectivity index is 0.00000114. The van der Waals surface area contributed by atoms with E-state index >= 15 is 0 Å². The van der Waals surface area contributed by atoms with Crippen LogP contribution in [-0.2, 0) is 28.7 Å². The van der Waals surface area contributed by atoms with E-state index in [4.69, 9.17) is 26.2 Å². The lowest BCUT2D eigenvalue weighted by molar-refractivity contribution is -0.155. The van der Waals surface area contributed by atoms with Crippen molar-refractivity contribution in [2.75, 3.05) is 13.7 Å². The minimum Gasteiger partial charge on any atom is -0.483 e. The van der Waals surface area contributed by atoms with Gasteiger partial charge in [-0.05, 0) is 25.5 Å². The topological polar surface area (TPSA) is 131 Å². The Labute approximate surface area is 161 Å². The first-order valence-corrected chi connectivity index (χ1v) is 8.19. The van der Waals surface area contributed by atoms with Gasteiger partial charge in [0.1, 0.15) is 12.1 Å². The zero-order valence-electron chi connectivity index (χ0n) is 15.0. The van der Waals surface area contributed by atoms with Gasteiger partial charge in [0.15, 0.2) is 6.10 Å². The molecule has 0 aromatic heterocycles. The molecule has 1 fully saturated rings. The van der Waals surface area contributed by atoms with Gasteiger partial charge >= 0.3 is 5.97 Å². The summed E-state index contributed by atoms with van der Waals surface area (Å²) >= 11 is 6.17. The van der Waals surface area contributed by atoms with Crippen LogP contribution >= 0.6 is 11.6 Å². The molecule has 0 spiro atoms. The predicted molar refractivity (Wildman–Crippen MR) is 95.0 cm³/mol. The van der Waals surface area contributed by atoms with Crippen molar-refractivity contribution in [1.29, 1.82) is 0 Å². The molecule has 10 heteroatoms. The van der Waals surface area contributed by atoms with Crippen molar-refractivity contribution in [2.24, 2.45) is 0 Å². The van der Waals surface area contributed by atoms with Crippen molar-refractivity contribution in [2.45, 2.75) is 31.5 Å². The molecule has 2 atom stereocenters. The van der Waals surface area contributed by atoms with Crippen molar-refractivity contribution in [3.05, 3.63) is 34.9 Å². The number of carbonyl (C=O) groups excluding carboxylic acids is 3. The second-order valence-electron chi connectivity index (χ2n) is 6.01. The molecule has 1 aliphatic rings. The second-order valence-corrected chi connectivity index (χ2v) is 6.42. The molecule has 1 heterocycles. The van der Waals surface area contributed by atoms with Crippen LogP contribution < -0.4 is 10.6 Å². The highest BCUT2D eigenvalue weighted by Gasteiger charge is 2.40. The summed E-state index contributed by atoms with van der Waals surface area (Å²) in [5, 5.41) is 12.6. The second kappa shape index (κ2) is 9.89. The molecule has 3 N–H and O–H groups in total. The van der Waals surface area contributed by atoms with Crippen LogP contribution in [0.4, 0.5) is 0 Å². The van der Waals surface area contributed by atoms with E-state index in [-0.39, 0.29) is 19.0 Å². The van der Waals surface area contributed by atoms with Gasteiger partial charge in [0, 0.05) is 5.02 Å². The van der Waals surface area contributed by atoms with E-state index < -0.39 is 29.6 Å². The number of nitrogens with one attached hydrogen (secondary N) is 2. The number of halogens is 1. The number of carbonyl (C=O) groups is 4. The standard InChI is InChI=1S/C16H19ClN2O5.CH2O2/c1-16(2,15(22)23-3)19-14(21)13-12(18-11(20)8-24-13)9-6-4-5-7-10(9)17;2-1-3/h4-7,12-13H,8H2,1-3H3,(H,18,20)(H,19,21);1H,(H,2,3)/t12-,13+;/m1./s1. The molecule has 9 nitrogen and oxygen atoms in total. The van der Waals surface area contributed by atoms with E-state index in [0.717, 1.165) is 0 Å². The lowest BCUT2D eigenvalue weighted by Gasteiger charge is -2.34. The van der Waals surface area contributed by atoms with Crippen molar-refractivity contribution >= 4 is 35.9 Å².